The lowest BCUT2D eigenvalue weighted by Crippen LogP contribution is -2.50. The number of carbonyl (C=O) groups is 4. The van der Waals surface area contributed by atoms with E-state index < -0.39 is 35.3 Å². The first-order valence-electron chi connectivity index (χ1n) is 9.27. The van der Waals surface area contributed by atoms with E-state index in [1.165, 1.54) is 11.9 Å². The third-order valence-electron chi connectivity index (χ3n) is 4.93. The summed E-state index contributed by atoms with van der Waals surface area (Å²) in [4.78, 5) is 51.8. The van der Waals surface area contributed by atoms with Gasteiger partial charge in [0.15, 0.2) is 5.71 Å². The Morgan fingerprint density at radius 1 is 1.21 bits per heavy atom. The topological polar surface area (TPSA) is 96.3 Å². The molecule has 3 rings (SSSR count). The summed E-state index contributed by atoms with van der Waals surface area (Å²) in [5.41, 5.74) is -0.789. The van der Waals surface area contributed by atoms with Crippen LogP contribution < -0.4 is 4.90 Å². The number of fused-ring (bicyclic) bond motifs is 1. The standard InChI is InChI=1S/C20H22ClN3O5/c1-5-29-19(28)15-14-16(24(22-15)20(3,4)10-11(2)25)18(27)23(17(14)26)13-9-7-6-8-12(13)21/h6-9,14,16H,5,10H2,1-4H3. The van der Waals surface area contributed by atoms with E-state index in [9.17, 15) is 19.2 Å². The number of hydrogen-bond donors (Lipinski definition) is 0. The molecule has 1 aromatic carbocycles. The molecule has 0 radical (unpaired) electrons. The highest BCUT2D eigenvalue weighted by Gasteiger charge is 2.61. The fourth-order valence-electron chi connectivity index (χ4n) is 3.86. The average molecular weight is 420 g/mol. The fourth-order valence-corrected chi connectivity index (χ4v) is 4.08. The number of imide groups is 1. The highest BCUT2D eigenvalue weighted by atomic mass is 35.5. The van der Waals surface area contributed by atoms with Crippen molar-refractivity contribution in [2.45, 2.75) is 45.7 Å². The van der Waals surface area contributed by atoms with Gasteiger partial charge < -0.3 is 4.74 Å². The van der Waals surface area contributed by atoms with Gasteiger partial charge in [-0.2, -0.15) is 5.10 Å². The van der Waals surface area contributed by atoms with Crippen molar-refractivity contribution in [3.05, 3.63) is 29.3 Å². The van der Waals surface area contributed by atoms with Crippen LogP contribution in [-0.4, -0.2) is 52.5 Å². The molecule has 0 N–H and O–H groups in total. The Kier molecular flexibility index (Phi) is 5.49. The predicted molar refractivity (Wildman–Crippen MR) is 107 cm³/mol. The third kappa shape index (κ3) is 3.53. The lowest BCUT2D eigenvalue weighted by Gasteiger charge is -2.36. The Balaban J connectivity index is 2.09. The van der Waals surface area contributed by atoms with Crippen LogP contribution in [-0.2, 0) is 23.9 Å². The number of amides is 2. The molecule has 0 aliphatic carbocycles. The number of esters is 1. The van der Waals surface area contributed by atoms with Crippen molar-refractivity contribution in [1.82, 2.24) is 5.01 Å². The van der Waals surface area contributed by atoms with E-state index >= 15 is 0 Å². The van der Waals surface area contributed by atoms with Gasteiger partial charge in [0.1, 0.15) is 17.7 Å². The Hall–Kier alpha value is -2.74. The molecule has 2 atom stereocenters. The zero-order valence-electron chi connectivity index (χ0n) is 16.6. The Morgan fingerprint density at radius 2 is 1.86 bits per heavy atom. The highest BCUT2D eigenvalue weighted by Crippen LogP contribution is 2.41. The van der Waals surface area contributed by atoms with E-state index in [2.05, 4.69) is 5.10 Å². The number of Topliss-reactive ketones (excluding diaryl/α,β-unsaturated/α-hetero) is 1. The van der Waals surface area contributed by atoms with Gasteiger partial charge in [0, 0.05) is 6.42 Å². The molecule has 0 aromatic heterocycles. The number of rotatable bonds is 6. The zero-order chi connectivity index (χ0) is 21.5. The Morgan fingerprint density at radius 3 is 2.45 bits per heavy atom. The van der Waals surface area contributed by atoms with Gasteiger partial charge in [0.05, 0.1) is 22.9 Å². The first-order valence-corrected chi connectivity index (χ1v) is 9.64. The summed E-state index contributed by atoms with van der Waals surface area (Å²) in [7, 11) is 0. The van der Waals surface area contributed by atoms with Crippen LogP contribution in [0.2, 0.25) is 5.02 Å². The molecule has 2 aliphatic heterocycles. The summed E-state index contributed by atoms with van der Waals surface area (Å²) in [6.07, 6.45) is 0.0867. The SMILES string of the molecule is CCOC(=O)C1=NN(C(C)(C)CC(C)=O)C2C(=O)N(c3ccccc3Cl)C(=O)C12. The molecule has 1 fully saturated rings. The summed E-state index contributed by atoms with van der Waals surface area (Å²) >= 11 is 6.21. The first-order chi connectivity index (χ1) is 13.6. The van der Waals surface area contributed by atoms with Crippen LogP contribution in [0.25, 0.3) is 0 Å². The molecule has 154 valence electrons. The summed E-state index contributed by atoms with van der Waals surface area (Å²) in [5, 5.41) is 5.91. The number of hydrogen-bond acceptors (Lipinski definition) is 7. The molecular formula is C20H22ClN3O5. The second-order valence-corrected chi connectivity index (χ2v) is 8.03. The number of carbonyl (C=O) groups excluding carboxylic acids is 4. The summed E-state index contributed by atoms with van der Waals surface area (Å²) in [6, 6.07) is 5.43. The van der Waals surface area contributed by atoms with Gasteiger partial charge in [-0.25, -0.2) is 9.69 Å². The van der Waals surface area contributed by atoms with Crippen LogP contribution in [0.1, 0.15) is 34.1 Å². The van der Waals surface area contributed by atoms with Gasteiger partial charge in [-0.3, -0.25) is 19.4 Å². The summed E-state index contributed by atoms with van der Waals surface area (Å²) in [6.45, 7) is 6.64. The summed E-state index contributed by atoms with van der Waals surface area (Å²) < 4.78 is 5.05. The van der Waals surface area contributed by atoms with Crippen LogP contribution in [0.5, 0.6) is 0 Å². The van der Waals surface area contributed by atoms with Crippen molar-refractivity contribution in [3.8, 4) is 0 Å². The highest BCUT2D eigenvalue weighted by molar-refractivity contribution is 6.47. The van der Waals surface area contributed by atoms with E-state index in [1.807, 2.05) is 0 Å². The number of hydrazone groups is 1. The predicted octanol–water partition coefficient (Wildman–Crippen LogP) is 2.19. The van der Waals surface area contributed by atoms with Crippen molar-refractivity contribution in [3.63, 3.8) is 0 Å². The van der Waals surface area contributed by atoms with Crippen molar-refractivity contribution >= 4 is 46.6 Å². The quantitative estimate of drug-likeness (QED) is 0.518. The number of ketones is 1. The lowest BCUT2D eigenvalue weighted by atomic mass is 9.92. The van der Waals surface area contributed by atoms with Gasteiger partial charge in [0.2, 0.25) is 5.91 Å². The molecule has 1 aromatic rings. The van der Waals surface area contributed by atoms with Crippen LogP contribution in [0, 0.1) is 5.92 Å². The third-order valence-corrected chi connectivity index (χ3v) is 5.25. The zero-order valence-corrected chi connectivity index (χ0v) is 17.4. The van der Waals surface area contributed by atoms with Gasteiger partial charge in [-0.15, -0.1) is 0 Å². The minimum atomic E-state index is -1.12. The molecule has 9 heteroatoms. The van der Waals surface area contributed by atoms with Crippen molar-refractivity contribution in [1.29, 1.82) is 0 Å². The van der Waals surface area contributed by atoms with Crippen LogP contribution in [0.4, 0.5) is 5.69 Å². The van der Waals surface area contributed by atoms with E-state index in [4.69, 9.17) is 16.3 Å². The van der Waals surface area contributed by atoms with Crippen LogP contribution >= 0.6 is 11.6 Å². The average Bonchev–Trinajstić information content (AvgIpc) is 3.13. The van der Waals surface area contributed by atoms with Crippen LogP contribution in [0.3, 0.4) is 0 Å². The number of anilines is 1. The molecule has 2 unspecified atom stereocenters. The Labute approximate surface area is 173 Å². The number of benzene rings is 1. The molecular weight excluding hydrogens is 398 g/mol. The number of halogens is 1. The molecule has 2 heterocycles. The molecule has 0 saturated carbocycles. The van der Waals surface area contributed by atoms with Gasteiger partial charge >= 0.3 is 5.97 Å². The largest absolute Gasteiger partial charge is 0.461 e. The second kappa shape index (κ2) is 7.59. The lowest BCUT2D eigenvalue weighted by molar-refractivity contribution is -0.136. The number of nitrogens with zero attached hydrogens (tertiary/aromatic N) is 3. The minimum absolute atomic E-state index is 0.0867. The molecule has 2 amide bonds. The number of para-hydroxylation sites is 1. The molecule has 0 spiro atoms. The monoisotopic (exact) mass is 419 g/mol. The van der Waals surface area contributed by atoms with Gasteiger partial charge in [0.25, 0.3) is 5.91 Å². The van der Waals surface area contributed by atoms with E-state index in [1.54, 1.807) is 45.0 Å². The molecule has 0 bridgehead atoms. The maximum atomic E-state index is 13.3. The number of ether oxygens (including phenoxy) is 1. The van der Waals surface area contributed by atoms with Crippen molar-refractivity contribution in [2.24, 2.45) is 11.0 Å². The van der Waals surface area contributed by atoms with Crippen molar-refractivity contribution < 1.29 is 23.9 Å². The normalized spacial score (nSPS) is 21.3. The minimum Gasteiger partial charge on any atom is -0.461 e. The maximum Gasteiger partial charge on any atom is 0.355 e. The fraction of sp³-hybridized carbons (Fsp3) is 0.450. The van der Waals surface area contributed by atoms with Gasteiger partial charge in [-0.05, 0) is 39.8 Å². The Bertz CT molecular complexity index is 926. The second-order valence-electron chi connectivity index (χ2n) is 7.63. The van der Waals surface area contributed by atoms with E-state index in [0.29, 0.717) is 0 Å². The molecule has 2 aliphatic rings. The van der Waals surface area contributed by atoms with Crippen molar-refractivity contribution in [2.75, 3.05) is 11.5 Å². The molecule has 8 nitrogen and oxygen atoms in total. The first kappa shape index (κ1) is 21.0. The van der Waals surface area contributed by atoms with Crippen LogP contribution in [0.15, 0.2) is 29.4 Å². The van der Waals surface area contributed by atoms with E-state index in [-0.39, 0.29) is 35.2 Å². The summed E-state index contributed by atoms with van der Waals surface area (Å²) in [5.74, 6) is -3.13. The molecule has 29 heavy (non-hydrogen) atoms. The molecule has 1 saturated heterocycles. The van der Waals surface area contributed by atoms with E-state index in [0.717, 1.165) is 4.90 Å². The smallest absolute Gasteiger partial charge is 0.355 e. The maximum absolute atomic E-state index is 13.3. The van der Waals surface area contributed by atoms with Gasteiger partial charge in [-0.1, -0.05) is 23.7 Å².